The summed E-state index contributed by atoms with van der Waals surface area (Å²) in [6.45, 7) is 2.06. The second-order valence-electron chi connectivity index (χ2n) is 5.49. The van der Waals surface area contributed by atoms with E-state index in [-0.39, 0.29) is 0 Å². The van der Waals surface area contributed by atoms with Crippen LogP contribution >= 0.6 is 11.6 Å². The molecule has 106 valence electrons. The van der Waals surface area contributed by atoms with Crippen molar-refractivity contribution >= 4 is 23.3 Å². The first kappa shape index (κ1) is 14.7. The molecule has 1 fully saturated rings. The predicted molar refractivity (Wildman–Crippen MR) is 77.8 cm³/mol. The van der Waals surface area contributed by atoms with Gasteiger partial charge in [-0.1, -0.05) is 37.4 Å². The highest BCUT2D eigenvalue weighted by atomic mass is 35.5. The van der Waals surface area contributed by atoms with Crippen LogP contribution in [0.3, 0.4) is 0 Å². The zero-order valence-electron chi connectivity index (χ0n) is 11.3. The Bertz CT molecular complexity index is 567. The molecule has 1 saturated carbocycles. The van der Waals surface area contributed by atoms with Crippen molar-refractivity contribution in [1.29, 1.82) is 5.26 Å². The van der Waals surface area contributed by atoms with E-state index in [1.807, 2.05) is 6.07 Å². The van der Waals surface area contributed by atoms with E-state index < -0.39 is 11.5 Å². The molecular weight excluding hydrogens is 276 g/mol. The van der Waals surface area contributed by atoms with Crippen molar-refractivity contribution in [3.05, 3.63) is 28.8 Å². The summed E-state index contributed by atoms with van der Waals surface area (Å²) < 4.78 is 0. The molecule has 2 rings (SSSR count). The van der Waals surface area contributed by atoms with Gasteiger partial charge in [0.05, 0.1) is 16.3 Å². The standard InChI is InChI=1S/C15H17ClN2O2/c1-10-4-3-7-15(8-10,14(19)20)18-13-6-2-5-12(16)11(13)9-17/h2,5-6,10,18H,3-4,7-8H2,1H3,(H,19,20). The van der Waals surface area contributed by atoms with E-state index in [1.165, 1.54) is 0 Å². The van der Waals surface area contributed by atoms with E-state index in [9.17, 15) is 15.2 Å². The van der Waals surface area contributed by atoms with Gasteiger partial charge in [0.1, 0.15) is 11.6 Å². The van der Waals surface area contributed by atoms with E-state index in [4.69, 9.17) is 11.6 Å². The predicted octanol–water partition coefficient (Wildman–Crippen LogP) is 3.66. The molecule has 4 nitrogen and oxygen atoms in total. The first-order chi connectivity index (χ1) is 9.48. The number of carboxylic acid groups (broad SMARTS) is 1. The third-order valence-corrected chi connectivity index (χ3v) is 4.22. The minimum absolute atomic E-state index is 0.299. The van der Waals surface area contributed by atoms with E-state index in [0.29, 0.717) is 35.0 Å². The number of halogens is 1. The van der Waals surface area contributed by atoms with Crippen LogP contribution in [0.2, 0.25) is 5.02 Å². The van der Waals surface area contributed by atoms with Crippen molar-refractivity contribution in [2.24, 2.45) is 5.92 Å². The molecule has 0 aromatic heterocycles. The van der Waals surface area contributed by atoms with Crippen LogP contribution in [0.4, 0.5) is 5.69 Å². The maximum Gasteiger partial charge on any atom is 0.329 e. The van der Waals surface area contributed by atoms with Gasteiger partial charge in [-0.3, -0.25) is 0 Å². The summed E-state index contributed by atoms with van der Waals surface area (Å²) in [6, 6.07) is 7.08. The molecule has 5 heteroatoms. The van der Waals surface area contributed by atoms with Crippen LogP contribution in [0.5, 0.6) is 0 Å². The quantitative estimate of drug-likeness (QED) is 0.892. The van der Waals surface area contributed by atoms with E-state index in [0.717, 1.165) is 12.8 Å². The Morgan fingerprint density at radius 2 is 2.35 bits per heavy atom. The molecule has 0 saturated heterocycles. The molecule has 0 amide bonds. The van der Waals surface area contributed by atoms with Crippen LogP contribution in [0.15, 0.2) is 18.2 Å². The number of rotatable bonds is 3. The molecule has 1 aromatic rings. The second kappa shape index (κ2) is 5.72. The van der Waals surface area contributed by atoms with Gasteiger partial charge in [0.2, 0.25) is 0 Å². The van der Waals surface area contributed by atoms with E-state index >= 15 is 0 Å². The number of anilines is 1. The number of carboxylic acids is 1. The normalized spacial score (nSPS) is 25.8. The summed E-state index contributed by atoms with van der Waals surface area (Å²) >= 11 is 5.99. The van der Waals surface area contributed by atoms with Crippen molar-refractivity contribution in [2.45, 2.75) is 38.1 Å². The van der Waals surface area contributed by atoms with E-state index in [1.54, 1.807) is 18.2 Å². The Morgan fingerprint density at radius 3 is 2.95 bits per heavy atom. The molecule has 1 aliphatic rings. The van der Waals surface area contributed by atoms with Crippen molar-refractivity contribution in [1.82, 2.24) is 0 Å². The maximum absolute atomic E-state index is 11.7. The largest absolute Gasteiger partial charge is 0.480 e. The molecule has 0 aliphatic heterocycles. The Kier molecular flexibility index (Phi) is 4.20. The lowest BCUT2D eigenvalue weighted by molar-refractivity contribution is -0.144. The Labute approximate surface area is 123 Å². The fraction of sp³-hybridized carbons (Fsp3) is 0.467. The summed E-state index contributed by atoms with van der Waals surface area (Å²) in [5.41, 5.74) is -0.210. The number of nitrogens with one attached hydrogen (secondary N) is 1. The highest BCUT2D eigenvalue weighted by Gasteiger charge is 2.42. The number of hydrogen-bond acceptors (Lipinski definition) is 3. The van der Waals surface area contributed by atoms with E-state index in [2.05, 4.69) is 12.2 Å². The van der Waals surface area contributed by atoms with Gasteiger partial charge >= 0.3 is 5.97 Å². The lowest BCUT2D eigenvalue weighted by atomic mass is 9.76. The summed E-state index contributed by atoms with van der Waals surface area (Å²) in [6.07, 6.45) is 3.02. The molecule has 2 atom stereocenters. The molecule has 0 bridgehead atoms. The van der Waals surface area contributed by atoms with Crippen molar-refractivity contribution in [3.63, 3.8) is 0 Å². The fourth-order valence-corrected chi connectivity index (χ4v) is 3.13. The number of nitriles is 1. The molecule has 0 radical (unpaired) electrons. The summed E-state index contributed by atoms with van der Waals surface area (Å²) in [7, 11) is 0. The number of aliphatic carboxylic acids is 1. The van der Waals surface area contributed by atoms with Gasteiger partial charge in [-0.25, -0.2) is 4.79 Å². The molecule has 2 unspecified atom stereocenters. The molecule has 0 heterocycles. The van der Waals surface area contributed by atoms with Crippen LogP contribution < -0.4 is 5.32 Å². The first-order valence-electron chi connectivity index (χ1n) is 6.69. The average Bonchev–Trinajstić information content (AvgIpc) is 2.39. The second-order valence-corrected chi connectivity index (χ2v) is 5.90. The summed E-state index contributed by atoms with van der Waals surface area (Å²) in [5.74, 6) is -0.523. The van der Waals surface area contributed by atoms with Gasteiger partial charge in [-0.05, 0) is 30.9 Å². The molecule has 1 aromatic carbocycles. The number of hydrogen-bond donors (Lipinski definition) is 2. The Balaban J connectivity index is 2.37. The number of benzene rings is 1. The maximum atomic E-state index is 11.7. The van der Waals surface area contributed by atoms with Gasteiger partial charge < -0.3 is 10.4 Å². The lowest BCUT2D eigenvalue weighted by Crippen LogP contribution is -2.49. The Morgan fingerprint density at radius 1 is 1.60 bits per heavy atom. The summed E-state index contributed by atoms with van der Waals surface area (Å²) in [4.78, 5) is 11.7. The molecular formula is C15H17ClN2O2. The average molecular weight is 293 g/mol. The minimum Gasteiger partial charge on any atom is -0.480 e. The highest BCUT2D eigenvalue weighted by Crippen LogP contribution is 2.37. The van der Waals surface area contributed by atoms with Gasteiger partial charge in [-0.2, -0.15) is 5.26 Å². The van der Waals surface area contributed by atoms with Crippen LogP contribution in [0.25, 0.3) is 0 Å². The van der Waals surface area contributed by atoms with Crippen LogP contribution in [-0.2, 0) is 4.79 Å². The number of nitrogens with zero attached hydrogens (tertiary/aromatic N) is 1. The SMILES string of the molecule is CC1CCCC(Nc2cccc(Cl)c2C#N)(C(=O)O)C1. The minimum atomic E-state index is -1.01. The van der Waals surface area contributed by atoms with Crippen LogP contribution in [-0.4, -0.2) is 16.6 Å². The fourth-order valence-electron chi connectivity index (χ4n) is 2.91. The van der Waals surface area contributed by atoms with Gasteiger partial charge in [0, 0.05) is 0 Å². The monoisotopic (exact) mass is 292 g/mol. The van der Waals surface area contributed by atoms with Gasteiger partial charge in [0.15, 0.2) is 0 Å². The molecule has 1 aliphatic carbocycles. The topological polar surface area (TPSA) is 73.1 Å². The summed E-state index contributed by atoms with van der Waals surface area (Å²) in [5, 5.41) is 22.2. The zero-order chi connectivity index (χ0) is 14.8. The smallest absolute Gasteiger partial charge is 0.329 e. The van der Waals surface area contributed by atoms with Gasteiger partial charge in [-0.15, -0.1) is 0 Å². The zero-order valence-corrected chi connectivity index (χ0v) is 12.1. The molecule has 20 heavy (non-hydrogen) atoms. The third-order valence-electron chi connectivity index (χ3n) is 3.91. The van der Waals surface area contributed by atoms with Gasteiger partial charge in [0.25, 0.3) is 0 Å². The molecule has 2 N–H and O–H groups in total. The highest BCUT2D eigenvalue weighted by molar-refractivity contribution is 6.32. The number of carbonyl (C=O) groups is 1. The van der Waals surface area contributed by atoms with Crippen LogP contribution in [0, 0.1) is 17.2 Å². The first-order valence-corrected chi connectivity index (χ1v) is 7.06. The van der Waals surface area contributed by atoms with Crippen molar-refractivity contribution in [2.75, 3.05) is 5.32 Å². The molecule has 0 spiro atoms. The Hall–Kier alpha value is -1.73. The van der Waals surface area contributed by atoms with Crippen molar-refractivity contribution in [3.8, 4) is 6.07 Å². The third kappa shape index (κ3) is 2.73. The van der Waals surface area contributed by atoms with Crippen molar-refractivity contribution < 1.29 is 9.90 Å². The lowest BCUT2D eigenvalue weighted by Gasteiger charge is -2.38. The van der Waals surface area contributed by atoms with Crippen LogP contribution in [0.1, 0.15) is 38.2 Å².